The van der Waals surface area contributed by atoms with Gasteiger partial charge in [-0.25, -0.2) is 0 Å². The number of nitrogens with zero attached hydrogens (tertiary/aromatic N) is 1. The van der Waals surface area contributed by atoms with E-state index in [2.05, 4.69) is 22.8 Å². The highest BCUT2D eigenvalue weighted by atomic mass is 32.1. The zero-order valence-electron chi connectivity index (χ0n) is 8.20. The van der Waals surface area contributed by atoms with E-state index in [1.807, 2.05) is 6.07 Å². The maximum Gasteiger partial charge on any atom is 0.117 e. The summed E-state index contributed by atoms with van der Waals surface area (Å²) in [4.78, 5) is 2.44. The van der Waals surface area contributed by atoms with Crippen molar-refractivity contribution in [3.05, 3.63) is 23.7 Å². The summed E-state index contributed by atoms with van der Waals surface area (Å²) < 4.78 is 5.34. The van der Waals surface area contributed by atoms with Crippen molar-refractivity contribution in [2.24, 2.45) is 0 Å². The fraction of sp³-hybridized carbons (Fsp3) is 0.600. The topological polar surface area (TPSA) is 28.4 Å². The molecule has 0 spiro atoms. The molecule has 0 bridgehead atoms. The number of thiol groups is 1. The van der Waals surface area contributed by atoms with Gasteiger partial charge in [0.15, 0.2) is 0 Å². The predicted octanol–water partition coefficient (Wildman–Crippen LogP) is 1.11. The van der Waals surface area contributed by atoms with Crippen LogP contribution in [0.1, 0.15) is 11.3 Å². The van der Waals surface area contributed by atoms with Gasteiger partial charge in [-0.05, 0) is 6.07 Å². The molecule has 1 N–H and O–H groups in total. The molecule has 1 aliphatic rings. The third kappa shape index (κ3) is 2.32. The molecular weight excluding hydrogens is 196 g/mol. The van der Waals surface area contributed by atoms with Gasteiger partial charge in [-0.15, -0.1) is 0 Å². The lowest BCUT2D eigenvalue weighted by Gasteiger charge is -2.26. The minimum Gasteiger partial charge on any atom is -0.468 e. The molecule has 78 valence electrons. The van der Waals surface area contributed by atoms with Crippen molar-refractivity contribution in [3.63, 3.8) is 0 Å². The van der Waals surface area contributed by atoms with Gasteiger partial charge in [0, 0.05) is 44.0 Å². The number of furan rings is 1. The summed E-state index contributed by atoms with van der Waals surface area (Å²) in [6.45, 7) is 5.42. The lowest BCUT2D eigenvalue weighted by molar-refractivity contribution is 0.232. The Morgan fingerprint density at radius 2 is 2.21 bits per heavy atom. The van der Waals surface area contributed by atoms with Crippen LogP contribution < -0.4 is 5.32 Å². The Bertz CT molecular complexity index is 281. The third-order valence-corrected chi connectivity index (χ3v) is 2.87. The lowest BCUT2D eigenvalue weighted by atomic mass is 10.2. The molecule has 1 fully saturated rings. The molecular formula is C10H16N2OS. The largest absolute Gasteiger partial charge is 0.468 e. The monoisotopic (exact) mass is 212 g/mol. The first-order valence-electron chi connectivity index (χ1n) is 4.99. The highest BCUT2D eigenvalue weighted by molar-refractivity contribution is 7.79. The van der Waals surface area contributed by atoms with Gasteiger partial charge in [0.2, 0.25) is 0 Å². The first kappa shape index (κ1) is 10.1. The quantitative estimate of drug-likeness (QED) is 0.735. The Kier molecular flexibility index (Phi) is 3.50. The molecule has 0 unspecified atom stereocenters. The standard InChI is InChI=1S/C10H16N2OS/c14-8-10-9(1-6-13-10)7-12-4-2-11-3-5-12/h1,6,11,14H,2-5,7-8H2. The van der Waals surface area contributed by atoms with Crippen molar-refractivity contribution < 1.29 is 4.42 Å². The molecule has 0 atom stereocenters. The van der Waals surface area contributed by atoms with Gasteiger partial charge < -0.3 is 9.73 Å². The van der Waals surface area contributed by atoms with Crippen molar-refractivity contribution in [2.45, 2.75) is 12.3 Å². The van der Waals surface area contributed by atoms with Crippen LogP contribution in [0.5, 0.6) is 0 Å². The summed E-state index contributed by atoms with van der Waals surface area (Å²) in [5, 5.41) is 3.34. The fourth-order valence-electron chi connectivity index (χ4n) is 1.76. The van der Waals surface area contributed by atoms with E-state index in [0.29, 0.717) is 5.75 Å². The first-order chi connectivity index (χ1) is 6.90. The van der Waals surface area contributed by atoms with Crippen molar-refractivity contribution in [2.75, 3.05) is 26.2 Å². The number of hydrogen-bond acceptors (Lipinski definition) is 4. The molecule has 2 rings (SSSR count). The summed E-state index contributed by atoms with van der Waals surface area (Å²) in [7, 11) is 0. The fourth-order valence-corrected chi connectivity index (χ4v) is 2.03. The Hall–Kier alpha value is -0.450. The SMILES string of the molecule is SCc1occc1CN1CCNCC1. The van der Waals surface area contributed by atoms with E-state index in [-0.39, 0.29) is 0 Å². The van der Waals surface area contributed by atoms with Crippen LogP contribution in [0.4, 0.5) is 0 Å². The average molecular weight is 212 g/mol. The summed E-state index contributed by atoms with van der Waals surface area (Å²) in [6, 6.07) is 2.05. The predicted molar refractivity (Wildman–Crippen MR) is 59.5 cm³/mol. The van der Waals surface area contributed by atoms with Crippen molar-refractivity contribution in [1.29, 1.82) is 0 Å². The zero-order valence-corrected chi connectivity index (χ0v) is 9.09. The molecule has 0 saturated carbocycles. The van der Waals surface area contributed by atoms with Gasteiger partial charge in [0.05, 0.1) is 6.26 Å². The minimum absolute atomic E-state index is 0.689. The van der Waals surface area contributed by atoms with Crippen molar-refractivity contribution >= 4 is 12.6 Å². The van der Waals surface area contributed by atoms with Crippen LogP contribution in [0.15, 0.2) is 16.7 Å². The first-order valence-corrected chi connectivity index (χ1v) is 5.62. The van der Waals surface area contributed by atoms with Crippen molar-refractivity contribution in [1.82, 2.24) is 10.2 Å². The Balaban J connectivity index is 1.95. The molecule has 1 aliphatic heterocycles. The van der Waals surface area contributed by atoms with Crippen LogP contribution in [0, 0.1) is 0 Å². The lowest BCUT2D eigenvalue weighted by Crippen LogP contribution is -2.42. The zero-order chi connectivity index (χ0) is 9.80. The summed E-state index contributed by atoms with van der Waals surface area (Å²) in [5.74, 6) is 1.70. The van der Waals surface area contributed by atoms with Gasteiger partial charge in [-0.1, -0.05) is 0 Å². The summed E-state index contributed by atoms with van der Waals surface area (Å²) >= 11 is 4.24. The average Bonchev–Trinajstić information content (AvgIpc) is 2.67. The Morgan fingerprint density at radius 1 is 1.43 bits per heavy atom. The van der Waals surface area contributed by atoms with Gasteiger partial charge >= 0.3 is 0 Å². The maximum atomic E-state index is 5.34. The van der Waals surface area contributed by atoms with Gasteiger partial charge in [-0.3, -0.25) is 4.90 Å². The van der Waals surface area contributed by atoms with E-state index < -0.39 is 0 Å². The normalized spacial score (nSPS) is 18.6. The van der Waals surface area contributed by atoms with E-state index in [4.69, 9.17) is 4.42 Å². The van der Waals surface area contributed by atoms with Crippen LogP contribution in [-0.4, -0.2) is 31.1 Å². The molecule has 0 radical (unpaired) electrons. The number of piperazine rings is 1. The van der Waals surface area contributed by atoms with Crippen LogP contribution in [0.25, 0.3) is 0 Å². The van der Waals surface area contributed by atoms with E-state index in [0.717, 1.165) is 38.5 Å². The highest BCUT2D eigenvalue weighted by Crippen LogP contribution is 2.15. The molecule has 1 aromatic rings. The highest BCUT2D eigenvalue weighted by Gasteiger charge is 2.12. The molecule has 1 saturated heterocycles. The van der Waals surface area contributed by atoms with Crippen molar-refractivity contribution in [3.8, 4) is 0 Å². The van der Waals surface area contributed by atoms with Gasteiger partial charge in [0.1, 0.15) is 5.76 Å². The van der Waals surface area contributed by atoms with E-state index in [1.54, 1.807) is 6.26 Å². The molecule has 0 aromatic carbocycles. The smallest absolute Gasteiger partial charge is 0.117 e. The van der Waals surface area contributed by atoms with Crippen LogP contribution in [0.2, 0.25) is 0 Å². The second-order valence-electron chi connectivity index (χ2n) is 3.55. The van der Waals surface area contributed by atoms with Crippen LogP contribution >= 0.6 is 12.6 Å². The summed E-state index contributed by atoms with van der Waals surface area (Å²) in [5.41, 5.74) is 1.28. The number of hydrogen-bond donors (Lipinski definition) is 2. The van der Waals surface area contributed by atoms with Crippen LogP contribution in [-0.2, 0) is 12.3 Å². The van der Waals surface area contributed by atoms with Crippen LogP contribution in [0.3, 0.4) is 0 Å². The Morgan fingerprint density at radius 3 is 2.93 bits per heavy atom. The molecule has 0 amide bonds. The minimum atomic E-state index is 0.689. The maximum absolute atomic E-state index is 5.34. The second-order valence-corrected chi connectivity index (χ2v) is 3.87. The summed E-state index contributed by atoms with van der Waals surface area (Å²) in [6.07, 6.45) is 1.75. The van der Waals surface area contributed by atoms with E-state index >= 15 is 0 Å². The van der Waals surface area contributed by atoms with E-state index in [1.165, 1.54) is 5.56 Å². The molecule has 14 heavy (non-hydrogen) atoms. The second kappa shape index (κ2) is 4.87. The van der Waals surface area contributed by atoms with Gasteiger partial charge in [0.25, 0.3) is 0 Å². The van der Waals surface area contributed by atoms with E-state index in [9.17, 15) is 0 Å². The molecule has 0 aliphatic carbocycles. The molecule has 3 nitrogen and oxygen atoms in total. The van der Waals surface area contributed by atoms with Gasteiger partial charge in [-0.2, -0.15) is 12.6 Å². The molecule has 1 aromatic heterocycles. The molecule has 2 heterocycles. The Labute approximate surface area is 89.9 Å². The third-order valence-electron chi connectivity index (χ3n) is 2.58. The number of nitrogens with one attached hydrogen (secondary N) is 1. The number of rotatable bonds is 3. The molecule has 4 heteroatoms.